The van der Waals surface area contributed by atoms with Gasteiger partial charge in [0.1, 0.15) is 0 Å². The molecule has 2 amide bonds. The van der Waals surface area contributed by atoms with Gasteiger partial charge in [-0.2, -0.15) is 0 Å². The first kappa shape index (κ1) is 30.2. The number of aryl methyl sites for hydroxylation is 1. The molecule has 40 heavy (non-hydrogen) atoms. The molecule has 0 aliphatic carbocycles. The van der Waals surface area contributed by atoms with Crippen molar-refractivity contribution < 1.29 is 34.2 Å². The maximum Gasteiger partial charge on any atom is 0.303 e. The Hall–Kier alpha value is -4.31. The average Bonchev–Trinajstić information content (AvgIpc) is 3.43. The minimum Gasteiger partial charge on any atom is -0.481 e. The van der Waals surface area contributed by atoms with E-state index in [1.165, 1.54) is 4.88 Å². The molecule has 210 valence electrons. The lowest BCUT2D eigenvalue weighted by Crippen LogP contribution is -2.43. The number of benzene rings is 2. The summed E-state index contributed by atoms with van der Waals surface area (Å²) in [5.41, 5.74) is 8.46. The Balaban J connectivity index is 1.57. The number of carboxylic acids is 2. The summed E-state index contributed by atoms with van der Waals surface area (Å²) in [7, 11) is 0. The molecule has 5 N–H and O–H groups in total. The Morgan fingerprint density at radius 1 is 0.750 bits per heavy atom. The molecule has 2 aromatic carbocycles. The number of carboxylic acid groups (broad SMARTS) is 2. The third-order valence-corrected chi connectivity index (χ3v) is 7.65. The Kier molecular flexibility index (Phi) is 11.1. The van der Waals surface area contributed by atoms with Crippen LogP contribution in [0.1, 0.15) is 44.1 Å². The molecule has 1 aromatic heterocycles. The topological polar surface area (TPSA) is 164 Å². The molecule has 10 heteroatoms. The fourth-order valence-electron chi connectivity index (χ4n) is 4.22. The zero-order valence-corrected chi connectivity index (χ0v) is 22.7. The number of rotatable bonds is 16. The smallest absolute Gasteiger partial charge is 0.303 e. The van der Waals surface area contributed by atoms with Crippen molar-refractivity contribution in [2.24, 2.45) is 11.7 Å². The molecule has 0 saturated carbocycles. The molecule has 0 aliphatic rings. The van der Waals surface area contributed by atoms with Crippen LogP contribution >= 0.6 is 11.3 Å². The van der Waals surface area contributed by atoms with Gasteiger partial charge in [-0.25, -0.2) is 0 Å². The van der Waals surface area contributed by atoms with E-state index >= 15 is 0 Å². The fourth-order valence-corrected chi connectivity index (χ4v) is 5.24. The quantitative estimate of drug-likeness (QED) is 0.202. The van der Waals surface area contributed by atoms with Crippen LogP contribution in [0, 0.1) is 5.92 Å². The molecule has 3 aromatic rings. The van der Waals surface area contributed by atoms with Gasteiger partial charge in [0.05, 0.1) is 6.04 Å². The van der Waals surface area contributed by atoms with E-state index in [1.54, 1.807) is 11.3 Å². The van der Waals surface area contributed by atoms with Gasteiger partial charge < -0.3 is 21.3 Å². The van der Waals surface area contributed by atoms with Crippen molar-refractivity contribution in [1.29, 1.82) is 0 Å². The van der Waals surface area contributed by atoms with Crippen molar-refractivity contribution in [2.75, 3.05) is 0 Å². The second kappa shape index (κ2) is 14.7. The summed E-state index contributed by atoms with van der Waals surface area (Å²) < 4.78 is 0. The van der Waals surface area contributed by atoms with Gasteiger partial charge >= 0.3 is 11.9 Å². The summed E-state index contributed by atoms with van der Waals surface area (Å²) in [5.74, 6) is -5.08. The zero-order valence-electron chi connectivity index (χ0n) is 21.9. The lowest BCUT2D eigenvalue weighted by atomic mass is 9.92. The van der Waals surface area contributed by atoms with Crippen LogP contribution in [-0.2, 0) is 30.4 Å². The van der Waals surface area contributed by atoms with Crippen LogP contribution in [0.3, 0.4) is 0 Å². The van der Waals surface area contributed by atoms with Crippen LogP contribution < -0.4 is 11.1 Å². The highest BCUT2D eigenvalue weighted by atomic mass is 32.1. The van der Waals surface area contributed by atoms with Crippen LogP contribution in [0.5, 0.6) is 0 Å². The van der Waals surface area contributed by atoms with Gasteiger partial charge in [-0.05, 0) is 48.1 Å². The molecule has 0 aliphatic heterocycles. The van der Waals surface area contributed by atoms with E-state index in [0.717, 1.165) is 21.6 Å². The van der Waals surface area contributed by atoms with Crippen LogP contribution in [0.4, 0.5) is 0 Å². The molecular formula is C30H32N2O7S. The maximum absolute atomic E-state index is 12.8. The summed E-state index contributed by atoms with van der Waals surface area (Å²) in [6, 6.07) is 21.1. The summed E-state index contributed by atoms with van der Waals surface area (Å²) in [5, 5.41) is 20.5. The maximum atomic E-state index is 12.8. The number of nitrogens with one attached hydrogen (secondary N) is 1. The molecule has 0 spiro atoms. The molecule has 1 heterocycles. The minimum atomic E-state index is -1.13. The number of Topliss-reactive ketones (excluding diaryl/α,β-unsaturated/α-hetero) is 1. The largest absolute Gasteiger partial charge is 0.481 e. The predicted octanol–water partition coefficient (Wildman–Crippen LogP) is 4.29. The molecule has 2 atom stereocenters. The third kappa shape index (κ3) is 9.46. The van der Waals surface area contributed by atoms with E-state index in [4.69, 9.17) is 15.9 Å². The van der Waals surface area contributed by atoms with Crippen molar-refractivity contribution in [3.8, 4) is 20.9 Å². The molecule has 3 rings (SSSR count). The standard InChI is InChI=1S/C30H32N2O7S/c31-30(39)22(11-16-28(35)36)18-24(33)23(12-17-29(37)38)32-27(34)15-8-19-6-9-21(10-7-19)26-14-13-25(40-26)20-4-2-1-3-5-20/h1-7,9-10,13-14,22-23H,8,11-12,15-18H2,(H2,31,39)(H,32,34)(H,35,36)(H,37,38)/t22?,23-/m0/s1. The van der Waals surface area contributed by atoms with Crippen LogP contribution in [0.2, 0.25) is 0 Å². The number of amides is 2. The van der Waals surface area contributed by atoms with E-state index in [-0.39, 0.29) is 38.5 Å². The normalized spacial score (nSPS) is 12.3. The first-order valence-electron chi connectivity index (χ1n) is 12.9. The van der Waals surface area contributed by atoms with Crippen LogP contribution in [0.25, 0.3) is 20.9 Å². The van der Waals surface area contributed by atoms with E-state index in [1.807, 2.05) is 42.5 Å². The Morgan fingerprint density at radius 2 is 1.32 bits per heavy atom. The lowest BCUT2D eigenvalue weighted by molar-refractivity contribution is -0.139. The molecule has 1 unspecified atom stereocenters. The molecule has 0 saturated heterocycles. The van der Waals surface area contributed by atoms with Crippen molar-refractivity contribution in [3.05, 3.63) is 72.3 Å². The average molecular weight is 565 g/mol. The third-order valence-electron chi connectivity index (χ3n) is 6.47. The van der Waals surface area contributed by atoms with Gasteiger partial charge in [-0.15, -0.1) is 11.3 Å². The number of ketones is 1. The lowest BCUT2D eigenvalue weighted by Gasteiger charge is -2.19. The number of hydrogen-bond donors (Lipinski definition) is 4. The second-order valence-corrected chi connectivity index (χ2v) is 10.6. The monoisotopic (exact) mass is 564 g/mol. The van der Waals surface area contributed by atoms with E-state index in [9.17, 15) is 24.0 Å². The first-order chi connectivity index (χ1) is 19.1. The molecule has 0 bridgehead atoms. The molecular weight excluding hydrogens is 532 g/mol. The van der Waals surface area contributed by atoms with Gasteiger partial charge in [0, 0.05) is 41.4 Å². The number of primary amides is 1. The zero-order chi connectivity index (χ0) is 29.1. The van der Waals surface area contributed by atoms with Gasteiger partial charge in [-0.3, -0.25) is 24.0 Å². The fraction of sp³-hybridized carbons (Fsp3) is 0.300. The predicted molar refractivity (Wildman–Crippen MR) is 151 cm³/mol. The highest BCUT2D eigenvalue weighted by molar-refractivity contribution is 7.18. The summed E-state index contributed by atoms with van der Waals surface area (Å²) in [6.07, 6.45) is -0.852. The molecule has 0 fully saturated rings. The number of hydrogen-bond acceptors (Lipinski definition) is 6. The Bertz CT molecular complexity index is 1340. The molecule has 9 nitrogen and oxygen atoms in total. The summed E-state index contributed by atoms with van der Waals surface area (Å²) in [6.45, 7) is 0. The second-order valence-electron chi connectivity index (χ2n) is 9.48. The minimum absolute atomic E-state index is 0.0750. The number of carbonyl (C=O) groups excluding carboxylic acids is 3. The van der Waals surface area contributed by atoms with Crippen molar-refractivity contribution in [2.45, 2.75) is 51.0 Å². The molecule has 0 radical (unpaired) electrons. The van der Waals surface area contributed by atoms with Crippen LogP contribution in [-0.4, -0.2) is 45.8 Å². The van der Waals surface area contributed by atoms with Crippen LogP contribution in [0.15, 0.2) is 66.7 Å². The van der Waals surface area contributed by atoms with E-state index in [0.29, 0.717) is 6.42 Å². The Labute approximate surface area is 236 Å². The van der Waals surface area contributed by atoms with Gasteiger partial charge in [0.15, 0.2) is 5.78 Å². The number of nitrogens with two attached hydrogens (primary N) is 1. The number of aliphatic carboxylic acids is 2. The first-order valence-corrected chi connectivity index (χ1v) is 13.7. The summed E-state index contributed by atoms with van der Waals surface area (Å²) >= 11 is 1.69. The van der Waals surface area contributed by atoms with E-state index < -0.39 is 41.5 Å². The van der Waals surface area contributed by atoms with Crippen molar-refractivity contribution in [3.63, 3.8) is 0 Å². The highest BCUT2D eigenvalue weighted by Gasteiger charge is 2.27. The summed E-state index contributed by atoms with van der Waals surface area (Å²) in [4.78, 5) is 61.4. The van der Waals surface area contributed by atoms with Gasteiger partial charge in [-0.1, -0.05) is 54.6 Å². The van der Waals surface area contributed by atoms with E-state index in [2.05, 4.69) is 29.6 Å². The highest BCUT2D eigenvalue weighted by Crippen LogP contribution is 2.34. The van der Waals surface area contributed by atoms with Crippen molar-refractivity contribution >= 4 is 40.9 Å². The SMILES string of the molecule is NC(=O)C(CCC(=O)O)CC(=O)[C@H](CCC(=O)O)NC(=O)CCc1ccc(-c2ccc(-c3ccccc3)s2)cc1. The Morgan fingerprint density at radius 3 is 1.90 bits per heavy atom. The van der Waals surface area contributed by atoms with Gasteiger partial charge in [0.2, 0.25) is 11.8 Å². The number of carbonyl (C=O) groups is 5. The number of thiophene rings is 1. The van der Waals surface area contributed by atoms with Crippen molar-refractivity contribution in [1.82, 2.24) is 5.32 Å². The van der Waals surface area contributed by atoms with Gasteiger partial charge in [0.25, 0.3) is 0 Å².